The molecule has 0 aliphatic heterocycles. The maximum atomic E-state index is 13.4. The number of para-hydroxylation sites is 3. The molecule has 1 unspecified atom stereocenters. The van der Waals surface area contributed by atoms with Crippen molar-refractivity contribution >= 4 is 24.3 Å². The molecule has 6 nitrogen and oxygen atoms in total. The summed E-state index contributed by atoms with van der Waals surface area (Å²) in [6.07, 6.45) is 0. The van der Waals surface area contributed by atoms with Crippen molar-refractivity contribution in [3.63, 3.8) is 0 Å². The zero-order chi connectivity index (χ0) is 17.7. The molecule has 1 atom stereocenters. The highest BCUT2D eigenvalue weighted by atomic mass is 31.2. The molecule has 2 N–H and O–H groups in total. The minimum Gasteiger partial charge on any atom is -0.365 e. The number of hydrogen-bond donors (Lipinski definition) is 2. The van der Waals surface area contributed by atoms with Gasteiger partial charge in [-0.15, -0.1) is 0 Å². The van der Waals surface area contributed by atoms with Crippen molar-refractivity contribution in [3.05, 3.63) is 60.4 Å². The van der Waals surface area contributed by atoms with Crippen molar-refractivity contribution in [2.24, 2.45) is 0 Å². The van der Waals surface area contributed by atoms with Crippen LogP contribution in [0.2, 0.25) is 0 Å². The van der Waals surface area contributed by atoms with Gasteiger partial charge in [0.25, 0.3) is 0 Å². The van der Waals surface area contributed by atoms with Gasteiger partial charge >= 0.3 is 7.60 Å². The maximum absolute atomic E-state index is 13.4. The van der Waals surface area contributed by atoms with Gasteiger partial charge in [-0.05, 0) is 38.1 Å². The fourth-order valence-electron chi connectivity index (χ4n) is 2.64. The fourth-order valence-corrected chi connectivity index (χ4v) is 4.46. The van der Waals surface area contributed by atoms with Gasteiger partial charge < -0.3 is 19.3 Å². The van der Waals surface area contributed by atoms with Gasteiger partial charge in [-0.1, -0.05) is 30.3 Å². The molecular weight excluding hydrogens is 337 g/mol. The first-order valence-corrected chi connectivity index (χ1v) is 9.92. The second-order valence-electron chi connectivity index (χ2n) is 5.43. The lowest BCUT2D eigenvalue weighted by Gasteiger charge is -2.26. The van der Waals surface area contributed by atoms with Crippen LogP contribution in [0, 0.1) is 0 Å². The number of H-pyrrole nitrogens is 1. The third-order valence-electron chi connectivity index (χ3n) is 3.68. The highest BCUT2D eigenvalue weighted by molar-refractivity contribution is 7.54. The SMILES string of the molecule is CCOP(=O)(OCC)C(Nc1ccccc1)c1nc2ccccc2[nH]1. The van der Waals surface area contributed by atoms with Crippen molar-refractivity contribution in [3.8, 4) is 0 Å². The highest BCUT2D eigenvalue weighted by Gasteiger charge is 2.39. The Bertz CT molecular complexity index is 823. The molecule has 0 bridgehead atoms. The topological polar surface area (TPSA) is 76.2 Å². The lowest BCUT2D eigenvalue weighted by molar-refractivity contribution is 0.213. The number of aromatic nitrogens is 2. The van der Waals surface area contributed by atoms with E-state index >= 15 is 0 Å². The molecule has 0 radical (unpaired) electrons. The molecule has 2 aromatic carbocycles. The van der Waals surface area contributed by atoms with Crippen molar-refractivity contribution in [1.29, 1.82) is 0 Å². The van der Waals surface area contributed by atoms with Gasteiger partial charge in [0.15, 0.2) is 5.78 Å². The molecule has 7 heteroatoms. The number of aromatic amines is 1. The number of imidazole rings is 1. The molecule has 25 heavy (non-hydrogen) atoms. The molecule has 3 rings (SSSR count). The highest BCUT2D eigenvalue weighted by Crippen LogP contribution is 2.60. The summed E-state index contributed by atoms with van der Waals surface area (Å²) in [5.74, 6) is -0.211. The van der Waals surface area contributed by atoms with Gasteiger partial charge in [0.2, 0.25) is 0 Å². The smallest absolute Gasteiger partial charge is 0.360 e. The van der Waals surface area contributed by atoms with E-state index in [9.17, 15) is 4.57 Å². The monoisotopic (exact) mass is 359 g/mol. The molecule has 0 amide bonds. The molecule has 0 spiro atoms. The Labute approximate surface area is 147 Å². The third kappa shape index (κ3) is 3.93. The number of nitrogens with zero attached hydrogens (tertiary/aromatic N) is 1. The van der Waals surface area contributed by atoms with Crippen LogP contribution < -0.4 is 5.32 Å². The van der Waals surface area contributed by atoms with Crippen molar-refractivity contribution in [1.82, 2.24) is 9.97 Å². The zero-order valence-electron chi connectivity index (χ0n) is 14.3. The molecular formula is C18H22N3O3P. The Morgan fingerprint density at radius 1 is 1.04 bits per heavy atom. The first-order valence-electron chi connectivity index (χ1n) is 8.31. The number of anilines is 1. The summed E-state index contributed by atoms with van der Waals surface area (Å²) >= 11 is 0. The number of fused-ring (bicyclic) bond motifs is 1. The van der Waals surface area contributed by atoms with Crippen molar-refractivity contribution in [2.45, 2.75) is 19.6 Å². The minimum atomic E-state index is -3.48. The molecule has 3 aromatic rings. The van der Waals surface area contributed by atoms with E-state index in [4.69, 9.17) is 9.05 Å². The fraction of sp³-hybridized carbons (Fsp3) is 0.278. The van der Waals surface area contributed by atoms with E-state index in [-0.39, 0.29) is 13.2 Å². The number of nitrogens with one attached hydrogen (secondary N) is 2. The maximum Gasteiger partial charge on any atom is 0.360 e. The van der Waals surface area contributed by atoms with E-state index in [0.717, 1.165) is 16.7 Å². The van der Waals surface area contributed by atoms with Crippen LogP contribution in [-0.2, 0) is 13.6 Å². The summed E-state index contributed by atoms with van der Waals surface area (Å²) in [5.41, 5.74) is 2.49. The second-order valence-corrected chi connectivity index (χ2v) is 7.54. The Kier molecular flexibility index (Phi) is 5.53. The quantitative estimate of drug-likeness (QED) is 0.557. The number of benzene rings is 2. The molecule has 0 saturated carbocycles. The Balaban J connectivity index is 2.05. The summed E-state index contributed by atoms with van der Waals surface area (Å²) in [7, 11) is -3.48. The summed E-state index contributed by atoms with van der Waals surface area (Å²) < 4.78 is 24.6. The summed E-state index contributed by atoms with van der Waals surface area (Å²) in [4.78, 5) is 7.82. The zero-order valence-corrected chi connectivity index (χ0v) is 15.2. The number of rotatable bonds is 8. The van der Waals surface area contributed by atoms with Gasteiger partial charge in [0.1, 0.15) is 5.82 Å². The van der Waals surface area contributed by atoms with Gasteiger partial charge in [-0.2, -0.15) is 0 Å². The first-order chi connectivity index (χ1) is 12.2. The van der Waals surface area contributed by atoms with E-state index < -0.39 is 13.4 Å². The summed E-state index contributed by atoms with van der Waals surface area (Å²) in [6, 6.07) is 17.2. The molecule has 1 heterocycles. The van der Waals surface area contributed by atoms with Crippen LogP contribution in [-0.4, -0.2) is 23.2 Å². The van der Waals surface area contributed by atoms with Gasteiger partial charge in [0.05, 0.1) is 24.2 Å². The van der Waals surface area contributed by atoms with E-state index in [1.807, 2.05) is 54.6 Å². The number of hydrogen-bond acceptors (Lipinski definition) is 5. The lowest BCUT2D eigenvalue weighted by atomic mass is 10.3. The third-order valence-corrected chi connectivity index (χ3v) is 5.92. The van der Waals surface area contributed by atoms with E-state index in [1.165, 1.54) is 0 Å². The van der Waals surface area contributed by atoms with Crippen LogP contribution in [0.4, 0.5) is 5.69 Å². The van der Waals surface area contributed by atoms with E-state index in [2.05, 4.69) is 15.3 Å². The van der Waals surface area contributed by atoms with Crippen LogP contribution in [0.1, 0.15) is 25.5 Å². The Morgan fingerprint density at radius 2 is 1.68 bits per heavy atom. The van der Waals surface area contributed by atoms with Crippen LogP contribution in [0.5, 0.6) is 0 Å². The first kappa shape index (κ1) is 17.7. The minimum absolute atomic E-state index is 0.282. The van der Waals surface area contributed by atoms with Gasteiger partial charge in [-0.25, -0.2) is 4.98 Å². The average molecular weight is 359 g/mol. The lowest BCUT2D eigenvalue weighted by Crippen LogP contribution is -2.16. The van der Waals surface area contributed by atoms with Crippen molar-refractivity contribution < 1.29 is 13.6 Å². The largest absolute Gasteiger partial charge is 0.365 e. The summed E-state index contributed by atoms with van der Waals surface area (Å²) in [5, 5.41) is 3.26. The second kappa shape index (κ2) is 7.83. The van der Waals surface area contributed by atoms with Crippen LogP contribution in [0.15, 0.2) is 54.6 Å². The molecule has 0 fully saturated rings. The van der Waals surface area contributed by atoms with Crippen LogP contribution in [0.3, 0.4) is 0 Å². The van der Waals surface area contributed by atoms with Gasteiger partial charge in [-0.3, -0.25) is 4.57 Å². The average Bonchev–Trinajstić information content (AvgIpc) is 3.04. The Morgan fingerprint density at radius 3 is 2.32 bits per heavy atom. The summed E-state index contributed by atoms with van der Waals surface area (Å²) in [6.45, 7) is 4.16. The van der Waals surface area contributed by atoms with Crippen molar-refractivity contribution in [2.75, 3.05) is 18.5 Å². The molecule has 132 valence electrons. The predicted molar refractivity (Wildman–Crippen MR) is 99.8 cm³/mol. The molecule has 0 aliphatic rings. The molecule has 0 saturated heterocycles. The van der Waals surface area contributed by atoms with Crippen LogP contribution >= 0.6 is 7.60 Å². The van der Waals surface area contributed by atoms with E-state index in [1.54, 1.807) is 13.8 Å². The molecule has 0 aliphatic carbocycles. The van der Waals surface area contributed by atoms with Gasteiger partial charge in [0, 0.05) is 5.69 Å². The normalized spacial score (nSPS) is 13.0. The van der Waals surface area contributed by atoms with Crippen LogP contribution in [0.25, 0.3) is 11.0 Å². The standard InChI is InChI=1S/C18H22N3O3P/c1-3-23-25(22,24-4-2)18(19-14-10-6-5-7-11-14)17-20-15-12-8-9-13-16(15)21-17/h5-13,18-19H,3-4H2,1-2H3,(H,20,21). The van der Waals surface area contributed by atoms with E-state index in [0.29, 0.717) is 5.82 Å². The Hall–Kier alpha value is -2.14. The molecule has 1 aromatic heterocycles. The predicted octanol–water partition coefficient (Wildman–Crippen LogP) is 4.94.